The average molecular weight is 220 g/mol. The molecular weight excluding hydrogens is 196 g/mol. The lowest BCUT2D eigenvalue weighted by atomic mass is 9.56. The minimum Gasteiger partial charge on any atom is -0.360 e. The molecule has 1 nitrogen and oxygen atoms in total. The van der Waals surface area contributed by atoms with E-state index >= 15 is 0 Å². The van der Waals surface area contributed by atoms with Crippen molar-refractivity contribution in [3.05, 3.63) is 11.6 Å². The third-order valence-electron chi connectivity index (χ3n) is 5.44. The topological polar surface area (TPSA) is 12.5 Å². The molecule has 4 atom stereocenters. The van der Waals surface area contributed by atoms with E-state index in [4.69, 9.17) is 4.74 Å². The van der Waals surface area contributed by atoms with Crippen LogP contribution in [-0.2, 0) is 4.74 Å². The Balaban J connectivity index is 1.99. The highest BCUT2D eigenvalue weighted by molar-refractivity contribution is 5.35. The van der Waals surface area contributed by atoms with Crippen molar-refractivity contribution < 1.29 is 4.74 Å². The van der Waals surface area contributed by atoms with E-state index in [-0.39, 0.29) is 5.60 Å². The summed E-state index contributed by atoms with van der Waals surface area (Å²) in [5.41, 5.74) is 2.22. The summed E-state index contributed by atoms with van der Waals surface area (Å²) < 4.78 is 6.29. The van der Waals surface area contributed by atoms with E-state index in [1.807, 2.05) is 0 Å². The molecular formula is C15H24O. The van der Waals surface area contributed by atoms with Gasteiger partial charge in [-0.2, -0.15) is 0 Å². The summed E-state index contributed by atoms with van der Waals surface area (Å²) in [6.07, 6.45) is 8.29. The van der Waals surface area contributed by atoms with Crippen LogP contribution in [-0.4, -0.2) is 11.7 Å². The van der Waals surface area contributed by atoms with Crippen LogP contribution in [0.3, 0.4) is 0 Å². The molecule has 2 fully saturated rings. The van der Waals surface area contributed by atoms with Crippen LogP contribution >= 0.6 is 0 Å². The Kier molecular flexibility index (Phi) is 2.12. The molecule has 1 saturated heterocycles. The second-order valence-electron chi connectivity index (χ2n) is 6.71. The molecule has 0 N–H and O–H groups in total. The van der Waals surface area contributed by atoms with Crippen LogP contribution in [0.5, 0.6) is 0 Å². The van der Waals surface area contributed by atoms with Crippen molar-refractivity contribution in [3.63, 3.8) is 0 Å². The predicted octanol–water partition coefficient (Wildman–Crippen LogP) is 3.94. The van der Waals surface area contributed by atoms with Crippen LogP contribution in [0.4, 0.5) is 0 Å². The van der Waals surface area contributed by atoms with Gasteiger partial charge < -0.3 is 4.74 Å². The first-order valence-corrected chi connectivity index (χ1v) is 6.89. The highest BCUT2D eigenvalue weighted by Gasteiger charge is 2.72. The van der Waals surface area contributed by atoms with Gasteiger partial charge >= 0.3 is 0 Å². The summed E-state index contributed by atoms with van der Waals surface area (Å²) in [7, 11) is 0. The van der Waals surface area contributed by atoms with E-state index in [0.717, 1.165) is 5.92 Å². The van der Waals surface area contributed by atoms with Gasteiger partial charge in [0.15, 0.2) is 0 Å². The first kappa shape index (κ1) is 10.8. The lowest BCUT2D eigenvalue weighted by Gasteiger charge is -2.46. The van der Waals surface area contributed by atoms with Gasteiger partial charge in [-0.25, -0.2) is 0 Å². The fourth-order valence-corrected chi connectivity index (χ4v) is 4.36. The molecule has 16 heavy (non-hydrogen) atoms. The highest BCUT2D eigenvalue weighted by Crippen LogP contribution is 2.67. The summed E-state index contributed by atoms with van der Waals surface area (Å²) >= 11 is 0. The SMILES string of the molecule is CC(C)C1=CCC2(C)CCCC(C)C23OC13. The summed E-state index contributed by atoms with van der Waals surface area (Å²) in [5.74, 6) is 1.40. The number of hydrogen-bond acceptors (Lipinski definition) is 1. The maximum absolute atomic E-state index is 6.29. The highest BCUT2D eigenvalue weighted by atomic mass is 16.6. The fourth-order valence-electron chi connectivity index (χ4n) is 4.36. The molecule has 90 valence electrons. The quantitative estimate of drug-likeness (QED) is 0.482. The molecule has 3 rings (SSSR count). The normalized spacial score (nSPS) is 50.7. The van der Waals surface area contributed by atoms with E-state index in [1.165, 1.54) is 25.7 Å². The summed E-state index contributed by atoms with van der Waals surface area (Å²) in [6, 6.07) is 0. The number of allylic oxidation sites excluding steroid dienone is 1. The van der Waals surface area contributed by atoms with Gasteiger partial charge in [-0.3, -0.25) is 0 Å². The molecule has 0 aromatic carbocycles. The molecule has 3 aliphatic rings. The van der Waals surface area contributed by atoms with Crippen LogP contribution in [0.1, 0.15) is 53.4 Å². The Morgan fingerprint density at radius 2 is 2.19 bits per heavy atom. The number of hydrogen-bond donors (Lipinski definition) is 0. The molecule has 2 aliphatic carbocycles. The molecule has 0 amide bonds. The Morgan fingerprint density at radius 3 is 2.88 bits per heavy atom. The van der Waals surface area contributed by atoms with Crippen molar-refractivity contribution >= 4 is 0 Å². The second-order valence-corrected chi connectivity index (χ2v) is 6.71. The van der Waals surface area contributed by atoms with Gasteiger partial charge in [0.1, 0.15) is 11.7 Å². The Labute approximate surface area is 99.3 Å². The second kappa shape index (κ2) is 3.13. The minimum atomic E-state index is 0.222. The fraction of sp³-hybridized carbons (Fsp3) is 0.867. The van der Waals surface area contributed by atoms with Crippen LogP contribution < -0.4 is 0 Å². The zero-order valence-corrected chi connectivity index (χ0v) is 11.0. The molecule has 1 saturated carbocycles. The van der Waals surface area contributed by atoms with Crippen molar-refractivity contribution in [2.24, 2.45) is 17.3 Å². The summed E-state index contributed by atoms with van der Waals surface area (Å²) in [4.78, 5) is 0. The van der Waals surface area contributed by atoms with Gasteiger partial charge in [0.25, 0.3) is 0 Å². The molecule has 0 aromatic rings. The van der Waals surface area contributed by atoms with Gasteiger partial charge in [-0.05, 0) is 36.7 Å². The molecule has 4 unspecified atom stereocenters. The maximum Gasteiger partial charge on any atom is 0.109 e. The summed E-state index contributed by atoms with van der Waals surface area (Å²) in [6.45, 7) is 9.46. The van der Waals surface area contributed by atoms with E-state index in [0.29, 0.717) is 17.4 Å². The lowest BCUT2D eigenvalue weighted by Crippen LogP contribution is -2.48. The third kappa shape index (κ3) is 1.11. The lowest BCUT2D eigenvalue weighted by molar-refractivity contribution is 0.0260. The van der Waals surface area contributed by atoms with Crippen LogP contribution in [0.15, 0.2) is 11.6 Å². The van der Waals surface area contributed by atoms with Crippen LogP contribution in [0, 0.1) is 17.3 Å². The Morgan fingerprint density at radius 1 is 1.44 bits per heavy atom. The molecule has 1 spiro atoms. The van der Waals surface area contributed by atoms with E-state index in [1.54, 1.807) is 5.57 Å². The molecule has 1 aliphatic heterocycles. The molecule has 0 radical (unpaired) electrons. The smallest absolute Gasteiger partial charge is 0.109 e. The van der Waals surface area contributed by atoms with Crippen molar-refractivity contribution in [3.8, 4) is 0 Å². The van der Waals surface area contributed by atoms with E-state index in [2.05, 4.69) is 33.8 Å². The molecule has 1 heterocycles. The zero-order chi connectivity index (χ0) is 11.6. The zero-order valence-electron chi connectivity index (χ0n) is 11.0. The minimum absolute atomic E-state index is 0.222. The van der Waals surface area contributed by atoms with Crippen molar-refractivity contribution in [2.75, 3.05) is 0 Å². The number of rotatable bonds is 1. The van der Waals surface area contributed by atoms with Crippen LogP contribution in [0.25, 0.3) is 0 Å². The predicted molar refractivity (Wildman–Crippen MR) is 66.3 cm³/mol. The Hall–Kier alpha value is -0.300. The number of epoxide rings is 1. The van der Waals surface area contributed by atoms with E-state index < -0.39 is 0 Å². The first-order valence-electron chi connectivity index (χ1n) is 6.89. The Bertz CT molecular complexity index is 343. The first-order chi connectivity index (χ1) is 7.51. The van der Waals surface area contributed by atoms with Crippen molar-refractivity contribution in [1.29, 1.82) is 0 Å². The third-order valence-corrected chi connectivity index (χ3v) is 5.44. The van der Waals surface area contributed by atoms with Crippen LogP contribution in [0.2, 0.25) is 0 Å². The monoisotopic (exact) mass is 220 g/mol. The molecule has 1 heteroatoms. The van der Waals surface area contributed by atoms with Crippen molar-refractivity contribution in [1.82, 2.24) is 0 Å². The van der Waals surface area contributed by atoms with Gasteiger partial charge in [-0.1, -0.05) is 40.2 Å². The molecule has 0 aromatic heterocycles. The number of ether oxygens (including phenoxy) is 1. The van der Waals surface area contributed by atoms with E-state index in [9.17, 15) is 0 Å². The average Bonchev–Trinajstić information content (AvgIpc) is 2.93. The molecule has 0 bridgehead atoms. The van der Waals surface area contributed by atoms with Gasteiger partial charge in [-0.15, -0.1) is 0 Å². The van der Waals surface area contributed by atoms with Gasteiger partial charge in [0, 0.05) is 5.41 Å². The van der Waals surface area contributed by atoms with Gasteiger partial charge in [0.2, 0.25) is 0 Å². The summed E-state index contributed by atoms with van der Waals surface area (Å²) in [5, 5.41) is 0. The standard InChI is InChI=1S/C15H24O/c1-10(2)12-7-9-14(4)8-5-6-11(3)15(14)13(12)16-15/h7,10-11,13H,5-6,8-9H2,1-4H3. The van der Waals surface area contributed by atoms with Crippen molar-refractivity contribution in [2.45, 2.75) is 65.1 Å². The maximum atomic E-state index is 6.29. The van der Waals surface area contributed by atoms with Gasteiger partial charge in [0.05, 0.1) is 0 Å². The largest absolute Gasteiger partial charge is 0.360 e.